The number of rotatable bonds is 8. The van der Waals surface area contributed by atoms with Crippen LogP contribution in [-0.2, 0) is 6.61 Å². The van der Waals surface area contributed by atoms with Gasteiger partial charge in [0.25, 0.3) is 0 Å². The van der Waals surface area contributed by atoms with Crippen molar-refractivity contribution in [3.05, 3.63) is 95.3 Å². The Morgan fingerprint density at radius 2 is 1.54 bits per heavy atom. The molecule has 0 aliphatic heterocycles. The maximum atomic E-state index is 15.0. The molecule has 1 saturated carbocycles. The molecule has 0 bridgehead atoms. The van der Waals surface area contributed by atoms with Crippen molar-refractivity contribution in [1.82, 2.24) is 0 Å². The van der Waals surface area contributed by atoms with Crippen LogP contribution in [0, 0.1) is 23.4 Å². The lowest BCUT2D eigenvalue weighted by atomic mass is 9.78. The summed E-state index contributed by atoms with van der Waals surface area (Å²) in [6.07, 6.45) is 8.00. The average molecular weight is 481 g/mol. The van der Waals surface area contributed by atoms with Crippen molar-refractivity contribution in [2.24, 2.45) is 5.92 Å². The van der Waals surface area contributed by atoms with E-state index in [9.17, 15) is 4.39 Å². The maximum absolute atomic E-state index is 15.0. The van der Waals surface area contributed by atoms with E-state index in [1.54, 1.807) is 48.5 Å². The summed E-state index contributed by atoms with van der Waals surface area (Å²) in [5, 5.41) is 0. The molecule has 0 heterocycles. The SMILES string of the molecule is C/C=C/C1CCC(c2ccc(-c3ccc(OCc4ccc(OCC)cc4F)cc3)c(F)c2F)CC1. The van der Waals surface area contributed by atoms with Gasteiger partial charge in [-0.25, -0.2) is 13.2 Å². The van der Waals surface area contributed by atoms with Gasteiger partial charge in [-0.1, -0.05) is 36.4 Å². The molecule has 2 nitrogen and oxygen atoms in total. The van der Waals surface area contributed by atoms with E-state index in [2.05, 4.69) is 12.2 Å². The molecule has 0 aromatic heterocycles. The highest BCUT2D eigenvalue weighted by Gasteiger charge is 2.25. The van der Waals surface area contributed by atoms with Crippen molar-refractivity contribution < 1.29 is 22.6 Å². The number of ether oxygens (including phenoxy) is 2. The molecule has 0 radical (unpaired) electrons. The molecular weight excluding hydrogens is 449 g/mol. The van der Waals surface area contributed by atoms with Crippen molar-refractivity contribution >= 4 is 0 Å². The van der Waals surface area contributed by atoms with Crippen molar-refractivity contribution in [2.75, 3.05) is 6.61 Å². The third-order valence-electron chi connectivity index (χ3n) is 6.68. The Kier molecular flexibility index (Phi) is 8.17. The first kappa shape index (κ1) is 24.9. The van der Waals surface area contributed by atoms with E-state index in [0.29, 0.717) is 40.7 Å². The van der Waals surface area contributed by atoms with Crippen molar-refractivity contribution in [1.29, 1.82) is 0 Å². The first-order valence-electron chi connectivity index (χ1n) is 12.2. The van der Waals surface area contributed by atoms with Crippen LogP contribution in [0.15, 0.2) is 66.7 Å². The van der Waals surface area contributed by atoms with E-state index in [-0.39, 0.29) is 18.1 Å². The molecule has 35 heavy (non-hydrogen) atoms. The normalized spacial score (nSPS) is 18.1. The minimum atomic E-state index is -0.816. The quantitative estimate of drug-likeness (QED) is 0.301. The Bertz CT molecular complexity index is 1160. The fraction of sp³-hybridized carbons (Fsp3) is 0.333. The summed E-state index contributed by atoms with van der Waals surface area (Å²) in [5.41, 5.74) is 1.66. The van der Waals surface area contributed by atoms with Gasteiger partial charge in [-0.3, -0.25) is 0 Å². The molecule has 0 saturated heterocycles. The van der Waals surface area contributed by atoms with Crippen LogP contribution in [0.5, 0.6) is 11.5 Å². The molecule has 1 aliphatic rings. The maximum Gasteiger partial charge on any atom is 0.166 e. The van der Waals surface area contributed by atoms with Gasteiger partial charge in [0.2, 0.25) is 0 Å². The molecule has 0 N–H and O–H groups in total. The summed E-state index contributed by atoms with van der Waals surface area (Å²) in [5.74, 6) is -0.391. The van der Waals surface area contributed by atoms with Crippen molar-refractivity contribution in [2.45, 2.75) is 52.1 Å². The van der Waals surface area contributed by atoms with E-state index in [0.717, 1.165) is 25.7 Å². The average Bonchev–Trinajstić information content (AvgIpc) is 2.87. The number of halogens is 3. The lowest BCUT2D eigenvalue weighted by Gasteiger charge is -2.27. The van der Waals surface area contributed by atoms with Gasteiger partial charge in [0.1, 0.15) is 23.9 Å². The number of benzene rings is 3. The van der Waals surface area contributed by atoms with Crippen LogP contribution in [0.4, 0.5) is 13.2 Å². The van der Waals surface area contributed by atoms with E-state index < -0.39 is 17.5 Å². The summed E-state index contributed by atoms with van der Waals surface area (Å²) in [4.78, 5) is 0. The smallest absolute Gasteiger partial charge is 0.166 e. The molecule has 4 rings (SSSR count). The molecule has 1 aliphatic carbocycles. The molecule has 3 aromatic carbocycles. The second-order valence-corrected chi connectivity index (χ2v) is 8.97. The molecule has 0 amide bonds. The highest BCUT2D eigenvalue weighted by Crippen LogP contribution is 2.39. The number of allylic oxidation sites excluding steroid dienone is 2. The largest absolute Gasteiger partial charge is 0.494 e. The first-order chi connectivity index (χ1) is 17.0. The number of hydrogen-bond acceptors (Lipinski definition) is 2. The van der Waals surface area contributed by atoms with Gasteiger partial charge >= 0.3 is 0 Å². The Labute approximate surface area is 205 Å². The Balaban J connectivity index is 1.42. The second-order valence-electron chi connectivity index (χ2n) is 8.97. The molecule has 0 atom stereocenters. The summed E-state index contributed by atoms with van der Waals surface area (Å²) in [7, 11) is 0. The van der Waals surface area contributed by atoms with E-state index >= 15 is 8.78 Å². The highest BCUT2D eigenvalue weighted by atomic mass is 19.2. The zero-order chi connectivity index (χ0) is 24.8. The van der Waals surface area contributed by atoms with Gasteiger partial charge in [0.15, 0.2) is 11.6 Å². The second kappa shape index (κ2) is 11.5. The Morgan fingerprint density at radius 1 is 0.829 bits per heavy atom. The molecule has 3 aromatic rings. The van der Waals surface area contributed by atoms with Gasteiger partial charge in [0.05, 0.1) is 6.61 Å². The summed E-state index contributed by atoms with van der Waals surface area (Å²) in [6, 6.07) is 14.8. The van der Waals surface area contributed by atoms with Gasteiger partial charge in [-0.2, -0.15) is 0 Å². The molecule has 0 spiro atoms. The summed E-state index contributed by atoms with van der Waals surface area (Å²) >= 11 is 0. The lowest BCUT2D eigenvalue weighted by molar-refractivity contribution is 0.298. The van der Waals surface area contributed by atoms with Crippen molar-refractivity contribution in [3.63, 3.8) is 0 Å². The van der Waals surface area contributed by atoms with E-state index in [4.69, 9.17) is 9.47 Å². The standard InChI is InChI=1S/C30H31F3O2/c1-3-5-20-6-8-21(9-7-20)26-16-17-27(30(33)29(26)32)22-10-13-24(14-11-22)35-19-23-12-15-25(34-4-2)18-28(23)31/h3,5,10-18,20-21H,4,6-9,19H2,1-2H3/b5-3+. The predicted octanol–water partition coefficient (Wildman–Crippen LogP) is 8.60. The monoisotopic (exact) mass is 480 g/mol. The molecule has 0 unspecified atom stereocenters. The highest BCUT2D eigenvalue weighted by molar-refractivity contribution is 5.65. The van der Waals surface area contributed by atoms with E-state index in [1.165, 1.54) is 6.07 Å². The third kappa shape index (κ3) is 5.90. The zero-order valence-corrected chi connectivity index (χ0v) is 20.2. The van der Waals surface area contributed by atoms with Crippen molar-refractivity contribution in [3.8, 4) is 22.6 Å². The van der Waals surface area contributed by atoms with Crippen LogP contribution in [0.2, 0.25) is 0 Å². The minimum Gasteiger partial charge on any atom is -0.494 e. The van der Waals surface area contributed by atoms with Gasteiger partial charge in [-0.15, -0.1) is 0 Å². The lowest BCUT2D eigenvalue weighted by Crippen LogP contribution is -2.13. The Morgan fingerprint density at radius 3 is 2.20 bits per heavy atom. The molecular formula is C30H31F3O2. The zero-order valence-electron chi connectivity index (χ0n) is 20.2. The van der Waals surface area contributed by atoms with Crippen LogP contribution in [0.1, 0.15) is 56.6 Å². The van der Waals surface area contributed by atoms with Gasteiger partial charge in [-0.05, 0) is 86.8 Å². The van der Waals surface area contributed by atoms with Crippen LogP contribution in [0.3, 0.4) is 0 Å². The molecule has 1 fully saturated rings. The van der Waals surface area contributed by atoms with Gasteiger partial charge in [0, 0.05) is 17.2 Å². The van der Waals surface area contributed by atoms with Crippen LogP contribution >= 0.6 is 0 Å². The Hall–Kier alpha value is -3.21. The first-order valence-corrected chi connectivity index (χ1v) is 12.2. The summed E-state index contributed by atoms with van der Waals surface area (Å²) in [6.45, 7) is 4.36. The molecule has 184 valence electrons. The molecule has 5 heteroatoms. The van der Waals surface area contributed by atoms with E-state index in [1.807, 2.05) is 13.8 Å². The minimum absolute atomic E-state index is 0.0472. The predicted molar refractivity (Wildman–Crippen MR) is 133 cm³/mol. The number of hydrogen-bond donors (Lipinski definition) is 0. The third-order valence-corrected chi connectivity index (χ3v) is 6.68. The van der Waals surface area contributed by atoms with Crippen LogP contribution in [-0.4, -0.2) is 6.61 Å². The van der Waals surface area contributed by atoms with Gasteiger partial charge < -0.3 is 9.47 Å². The summed E-state index contributed by atoms with van der Waals surface area (Å²) < 4.78 is 55.3. The fourth-order valence-corrected chi connectivity index (χ4v) is 4.79. The van der Waals surface area contributed by atoms with Crippen LogP contribution < -0.4 is 9.47 Å². The topological polar surface area (TPSA) is 18.5 Å². The fourth-order valence-electron chi connectivity index (χ4n) is 4.79. The van der Waals surface area contributed by atoms with Crippen LogP contribution in [0.25, 0.3) is 11.1 Å².